The Morgan fingerprint density at radius 1 is 0.909 bits per heavy atom. The molecule has 0 atom stereocenters. The fourth-order valence-electron chi connectivity index (χ4n) is 4.78. The van der Waals surface area contributed by atoms with Crippen LogP contribution in [0.15, 0.2) is 66.9 Å². The molecule has 1 aromatic heterocycles. The zero-order valence-electron chi connectivity index (χ0n) is 18.1. The van der Waals surface area contributed by atoms with E-state index in [1.807, 2.05) is 30.3 Å². The van der Waals surface area contributed by atoms with Crippen LogP contribution in [0.25, 0.3) is 10.9 Å². The maximum absolute atomic E-state index is 9.89. The number of para-hydroxylation sites is 1. The average molecular weight is 459 g/mol. The molecule has 0 radical (unpaired) electrons. The number of H-pyrrole nitrogens is 1. The predicted octanol–water partition coefficient (Wildman–Crippen LogP) is 4.97. The molecule has 1 saturated heterocycles. The summed E-state index contributed by atoms with van der Waals surface area (Å²) in [4.78, 5) is 5.78. The average Bonchev–Trinajstić information content (AvgIpc) is 3.13. The molecule has 0 bridgehead atoms. The zero-order chi connectivity index (χ0) is 22.4. The Bertz CT molecular complexity index is 1380. The van der Waals surface area contributed by atoms with Gasteiger partial charge in [0.15, 0.2) is 0 Å². The van der Waals surface area contributed by atoms with Crippen molar-refractivity contribution in [3.63, 3.8) is 0 Å². The van der Waals surface area contributed by atoms with Crippen molar-refractivity contribution in [2.75, 3.05) is 36.8 Å². The summed E-state index contributed by atoms with van der Waals surface area (Å²) >= 11 is 6.30. The molecule has 33 heavy (non-hydrogen) atoms. The van der Waals surface area contributed by atoms with Gasteiger partial charge < -0.3 is 15.4 Å². The number of anilines is 3. The lowest BCUT2D eigenvalue weighted by atomic mass is 10.1. The molecule has 0 saturated carbocycles. The van der Waals surface area contributed by atoms with Gasteiger partial charge in [0.25, 0.3) is 5.84 Å². The monoisotopic (exact) mass is 458 g/mol. The van der Waals surface area contributed by atoms with E-state index >= 15 is 0 Å². The van der Waals surface area contributed by atoms with Crippen LogP contribution >= 0.6 is 11.6 Å². The molecule has 0 amide bonds. The van der Waals surface area contributed by atoms with E-state index in [2.05, 4.69) is 55.6 Å². The van der Waals surface area contributed by atoms with E-state index in [1.165, 1.54) is 5.56 Å². The van der Waals surface area contributed by atoms with Gasteiger partial charge in [-0.3, -0.25) is 9.48 Å². The van der Waals surface area contributed by atoms with E-state index in [4.69, 9.17) is 11.6 Å². The smallest absolute Gasteiger partial charge is 0.284 e. The molecule has 1 fully saturated rings. The van der Waals surface area contributed by atoms with Crippen LogP contribution in [0.3, 0.4) is 0 Å². The lowest BCUT2D eigenvalue weighted by Crippen LogP contribution is -2.45. The third-order valence-corrected chi connectivity index (χ3v) is 6.75. The first-order chi connectivity index (χ1) is 16.1. The van der Waals surface area contributed by atoms with E-state index in [1.54, 1.807) is 6.07 Å². The minimum absolute atomic E-state index is 0.302. The quantitative estimate of drug-likeness (QED) is 0.320. The molecule has 2 aliphatic rings. The van der Waals surface area contributed by atoms with Crippen LogP contribution in [-0.4, -0.2) is 51.6 Å². The van der Waals surface area contributed by atoms with Gasteiger partial charge in [-0.25, -0.2) is 5.32 Å². The Labute approximate surface area is 197 Å². The molecule has 6 nitrogen and oxygen atoms in total. The van der Waals surface area contributed by atoms with Crippen molar-refractivity contribution >= 4 is 45.4 Å². The fraction of sp³-hybridized carbons (Fsp3) is 0.192. The van der Waals surface area contributed by atoms with Crippen molar-refractivity contribution in [3.05, 3.63) is 83.0 Å². The first-order valence-electron chi connectivity index (χ1n) is 11.2. The highest BCUT2D eigenvalue weighted by Crippen LogP contribution is 2.34. The number of amidine groups is 1. The van der Waals surface area contributed by atoms with Gasteiger partial charge in [-0.05, 0) is 48.0 Å². The van der Waals surface area contributed by atoms with Crippen LogP contribution in [-0.2, 0) is 6.54 Å². The van der Waals surface area contributed by atoms with Crippen molar-refractivity contribution in [3.8, 4) is 5.75 Å². The number of aromatic hydroxyl groups is 1. The predicted molar refractivity (Wildman–Crippen MR) is 134 cm³/mol. The minimum Gasteiger partial charge on any atom is -0.508 e. The Hall–Kier alpha value is -3.48. The number of aromatic amines is 1. The summed E-state index contributed by atoms with van der Waals surface area (Å²) in [6, 6.07) is 19.8. The van der Waals surface area contributed by atoms with Crippen LogP contribution in [0.5, 0.6) is 5.75 Å². The minimum atomic E-state index is 0.302. The van der Waals surface area contributed by atoms with Crippen molar-refractivity contribution in [1.29, 1.82) is 0 Å². The van der Waals surface area contributed by atoms with Crippen LogP contribution in [0.1, 0.15) is 11.1 Å². The highest BCUT2D eigenvalue weighted by atomic mass is 35.5. The second kappa shape index (κ2) is 8.14. The standard InChI is InChI=1S/C26H24ClN5O/c27-18-5-7-24-25(13-18)30-26(20-3-1-2-4-23(20)29-24)32-11-9-31(10-12-32)16-17-15-28-22-8-6-19(33)14-21(17)22/h1-8,13-15,28H,9-12,16H2,(H2,29,30,33)/p+1. The number of hydrogen-bond donors (Lipinski definition) is 4. The first kappa shape index (κ1) is 20.1. The third kappa shape index (κ3) is 3.81. The topological polar surface area (TPSA) is 66.3 Å². The second-order valence-electron chi connectivity index (χ2n) is 8.64. The number of fused-ring (bicyclic) bond motifs is 3. The Kier molecular flexibility index (Phi) is 4.97. The molecular weight excluding hydrogens is 434 g/mol. The highest BCUT2D eigenvalue weighted by molar-refractivity contribution is 6.31. The van der Waals surface area contributed by atoms with Gasteiger partial charge in [0, 0.05) is 47.8 Å². The molecular formula is C26H25ClN5O+. The fourth-order valence-corrected chi connectivity index (χ4v) is 4.96. The number of halogens is 1. The zero-order valence-corrected chi connectivity index (χ0v) is 18.9. The molecule has 4 aromatic rings. The summed E-state index contributed by atoms with van der Waals surface area (Å²) in [6.07, 6.45) is 2.06. The molecule has 0 aliphatic carbocycles. The molecule has 3 aromatic carbocycles. The van der Waals surface area contributed by atoms with E-state index in [0.29, 0.717) is 10.8 Å². The molecule has 6 rings (SSSR count). The normalized spacial score (nSPS) is 16.0. The van der Waals surface area contributed by atoms with Gasteiger partial charge in [0.05, 0.1) is 30.0 Å². The van der Waals surface area contributed by atoms with Crippen molar-refractivity contribution in [2.45, 2.75) is 6.54 Å². The van der Waals surface area contributed by atoms with Gasteiger partial charge in [-0.15, -0.1) is 0 Å². The van der Waals surface area contributed by atoms with Crippen molar-refractivity contribution in [2.24, 2.45) is 0 Å². The van der Waals surface area contributed by atoms with Gasteiger partial charge in [0.2, 0.25) is 0 Å². The van der Waals surface area contributed by atoms with Gasteiger partial charge in [-0.2, -0.15) is 0 Å². The molecule has 3 heterocycles. The largest absolute Gasteiger partial charge is 0.508 e. The number of rotatable bonds is 2. The van der Waals surface area contributed by atoms with Crippen molar-refractivity contribution < 1.29 is 9.68 Å². The Morgan fingerprint density at radius 2 is 1.76 bits per heavy atom. The lowest BCUT2D eigenvalue weighted by molar-refractivity contribution is -0.539. The Morgan fingerprint density at radius 3 is 2.64 bits per heavy atom. The van der Waals surface area contributed by atoms with E-state index < -0.39 is 0 Å². The number of nitrogens with zero attached hydrogens (tertiary/aromatic N) is 2. The van der Waals surface area contributed by atoms with Gasteiger partial charge >= 0.3 is 0 Å². The van der Waals surface area contributed by atoms with Crippen LogP contribution < -0.4 is 10.6 Å². The third-order valence-electron chi connectivity index (χ3n) is 6.52. The maximum Gasteiger partial charge on any atom is 0.284 e. The van der Waals surface area contributed by atoms with E-state index in [0.717, 1.165) is 72.1 Å². The highest BCUT2D eigenvalue weighted by Gasteiger charge is 2.28. The molecule has 2 aliphatic heterocycles. The number of nitrogens with one attached hydrogen (secondary N) is 3. The summed E-state index contributed by atoms with van der Waals surface area (Å²) < 4.78 is 2.42. The molecule has 0 unspecified atom stereocenters. The number of hydrogen-bond acceptors (Lipinski definition) is 3. The first-order valence-corrected chi connectivity index (χ1v) is 11.6. The summed E-state index contributed by atoms with van der Waals surface area (Å²) in [6.45, 7) is 4.60. The van der Waals surface area contributed by atoms with Crippen molar-refractivity contribution in [1.82, 2.24) is 9.88 Å². The molecule has 7 heteroatoms. The number of benzene rings is 3. The number of phenolic OH excluding ortho intramolecular Hbond substituents is 1. The van der Waals surface area contributed by atoms with Crippen LogP contribution in [0.2, 0.25) is 5.02 Å². The van der Waals surface area contributed by atoms with E-state index in [9.17, 15) is 5.11 Å². The van der Waals surface area contributed by atoms with Crippen LogP contribution in [0.4, 0.5) is 17.1 Å². The Balaban J connectivity index is 1.27. The number of aromatic nitrogens is 1. The van der Waals surface area contributed by atoms with Gasteiger partial charge in [0.1, 0.15) is 11.4 Å². The summed E-state index contributed by atoms with van der Waals surface area (Å²) in [5, 5.41) is 18.9. The van der Waals surface area contributed by atoms with Crippen LogP contribution in [0, 0.1) is 0 Å². The molecule has 4 N–H and O–H groups in total. The molecule has 0 spiro atoms. The number of piperazine rings is 1. The summed E-state index contributed by atoms with van der Waals surface area (Å²) in [5.41, 5.74) is 6.51. The molecule has 166 valence electrons. The number of phenols is 1. The van der Waals surface area contributed by atoms with E-state index in [-0.39, 0.29) is 0 Å². The summed E-state index contributed by atoms with van der Waals surface area (Å²) in [7, 11) is 0. The maximum atomic E-state index is 9.89. The SMILES string of the molecule is Oc1ccc2[nH]cc(CN3CC[N+](=C4Nc5cc(Cl)ccc5Nc5ccccc54)CC3)c2c1. The lowest BCUT2D eigenvalue weighted by Gasteiger charge is -2.28. The summed E-state index contributed by atoms with van der Waals surface area (Å²) in [5.74, 6) is 1.41. The van der Waals surface area contributed by atoms with Gasteiger partial charge in [-0.1, -0.05) is 23.7 Å². The second-order valence-corrected chi connectivity index (χ2v) is 9.08.